The Balaban J connectivity index is 1.76. The second kappa shape index (κ2) is 5.04. The summed E-state index contributed by atoms with van der Waals surface area (Å²) < 4.78 is 7.23. The molecule has 1 saturated carbocycles. The summed E-state index contributed by atoms with van der Waals surface area (Å²) in [5, 5.41) is 3.18. The van der Waals surface area contributed by atoms with E-state index < -0.39 is 0 Å². The summed E-state index contributed by atoms with van der Waals surface area (Å²) in [6.45, 7) is 0.663. The van der Waals surface area contributed by atoms with Crippen LogP contribution in [0.5, 0.6) is 0 Å². The first kappa shape index (κ1) is 12.8. The molecule has 0 amide bonds. The van der Waals surface area contributed by atoms with E-state index in [1.165, 1.54) is 6.42 Å². The highest BCUT2D eigenvalue weighted by Gasteiger charge is 2.36. The van der Waals surface area contributed by atoms with Crippen LogP contribution in [0.4, 0.5) is 11.9 Å². The zero-order valence-electron chi connectivity index (χ0n) is 11.3. The van der Waals surface area contributed by atoms with Gasteiger partial charge in [0.15, 0.2) is 0 Å². The van der Waals surface area contributed by atoms with Crippen LogP contribution < -0.4 is 11.1 Å². The molecule has 2 heterocycles. The molecular weight excluding hydrogens is 258 g/mol. The molecule has 106 valence electrons. The van der Waals surface area contributed by atoms with Crippen molar-refractivity contribution in [1.82, 2.24) is 24.5 Å². The van der Waals surface area contributed by atoms with Crippen LogP contribution in [0, 0.1) is 0 Å². The van der Waals surface area contributed by atoms with Crippen LogP contribution >= 0.6 is 0 Å². The molecule has 0 aliphatic heterocycles. The van der Waals surface area contributed by atoms with Crippen LogP contribution in [-0.2, 0) is 4.74 Å². The van der Waals surface area contributed by atoms with Crippen molar-refractivity contribution in [3.05, 3.63) is 18.7 Å². The number of aromatic nitrogens is 5. The highest BCUT2D eigenvalue weighted by molar-refractivity contribution is 5.35. The number of hydrogen-bond donors (Lipinski definition) is 2. The highest BCUT2D eigenvalue weighted by Crippen LogP contribution is 2.34. The predicted octanol–water partition coefficient (Wildman–Crippen LogP) is 0.620. The maximum Gasteiger partial charge on any atom is 0.241 e. The maximum absolute atomic E-state index is 5.72. The van der Waals surface area contributed by atoms with Gasteiger partial charge in [0.25, 0.3) is 0 Å². The van der Waals surface area contributed by atoms with Crippen LogP contribution in [0.1, 0.15) is 19.3 Å². The second-order valence-corrected chi connectivity index (χ2v) is 4.88. The summed E-state index contributed by atoms with van der Waals surface area (Å²) in [6.07, 6.45) is 8.30. The molecule has 20 heavy (non-hydrogen) atoms. The molecule has 0 radical (unpaired) electrons. The van der Waals surface area contributed by atoms with Gasteiger partial charge in [-0.1, -0.05) is 0 Å². The molecule has 0 aromatic carbocycles. The quantitative estimate of drug-likeness (QED) is 0.824. The van der Waals surface area contributed by atoms with Crippen LogP contribution in [0.15, 0.2) is 18.7 Å². The standard InChI is InChI=1S/C12H17N7O/c1-20-12(3-2-4-12)7-15-10-16-9(13)17-11(18-10)19-6-5-14-8-19/h5-6,8H,2-4,7H2,1H3,(H3,13,15,16,17,18). The third-order valence-corrected chi connectivity index (χ3v) is 3.64. The maximum atomic E-state index is 5.72. The van der Waals surface area contributed by atoms with E-state index in [-0.39, 0.29) is 11.5 Å². The minimum atomic E-state index is -0.101. The number of nitrogens with two attached hydrogens (primary N) is 1. The summed E-state index contributed by atoms with van der Waals surface area (Å²) in [7, 11) is 1.74. The molecule has 1 aliphatic carbocycles. The Labute approximate surface area is 116 Å². The molecule has 0 saturated heterocycles. The van der Waals surface area contributed by atoms with Gasteiger partial charge >= 0.3 is 0 Å². The van der Waals surface area contributed by atoms with Crippen molar-refractivity contribution < 1.29 is 4.74 Å². The first-order chi connectivity index (χ1) is 9.71. The Morgan fingerprint density at radius 1 is 1.40 bits per heavy atom. The van der Waals surface area contributed by atoms with Gasteiger partial charge < -0.3 is 15.8 Å². The smallest absolute Gasteiger partial charge is 0.241 e. The van der Waals surface area contributed by atoms with Gasteiger partial charge in [0.1, 0.15) is 6.33 Å². The lowest BCUT2D eigenvalue weighted by atomic mass is 9.80. The zero-order valence-corrected chi connectivity index (χ0v) is 11.3. The van der Waals surface area contributed by atoms with Gasteiger partial charge in [-0.05, 0) is 19.3 Å². The van der Waals surface area contributed by atoms with Crippen molar-refractivity contribution in [3.63, 3.8) is 0 Å². The van der Waals surface area contributed by atoms with E-state index >= 15 is 0 Å². The molecule has 8 nitrogen and oxygen atoms in total. The number of anilines is 2. The third-order valence-electron chi connectivity index (χ3n) is 3.64. The lowest BCUT2D eigenvalue weighted by Gasteiger charge is -2.40. The Bertz CT molecular complexity index is 574. The first-order valence-corrected chi connectivity index (χ1v) is 6.50. The van der Waals surface area contributed by atoms with Crippen molar-refractivity contribution >= 4 is 11.9 Å². The SMILES string of the molecule is COC1(CNc2nc(N)nc(-n3ccnc3)n2)CCC1. The van der Waals surface area contributed by atoms with E-state index in [1.54, 1.807) is 30.4 Å². The number of nitrogen functional groups attached to an aromatic ring is 1. The second-order valence-electron chi connectivity index (χ2n) is 4.88. The number of imidazole rings is 1. The van der Waals surface area contributed by atoms with E-state index in [1.807, 2.05) is 0 Å². The molecule has 2 aromatic heterocycles. The largest absolute Gasteiger partial charge is 0.376 e. The van der Waals surface area contributed by atoms with Crippen molar-refractivity contribution in [2.45, 2.75) is 24.9 Å². The molecule has 8 heteroatoms. The van der Waals surface area contributed by atoms with Gasteiger partial charge in [0.05, 0.1) is 5.60 Å². The predicted molar refractivity (Wildman–Crippen MR) is 73.4 cm³/mol. The minimum Gasteiger partial charge on any atom is -0.376 e. The number of rotatable bonds is 5. The summed E-state index contributed by atoms with van der Waals surface area (Å²) in [5.74, 6) is 1.06. The average molecular weight is 275 g/mol. The van der Waals surface area contributed by atoms with E-state index in [0.717, 1.165) is 12.8 Å². The van der Waals surface area contributed by atoms with Gasteiger partial charge in [0.2, 0.25) is 17.8 Å². The fourth-order valence-corrected chi connectivity index (χ4v) is 2.22. The zero-order chi connectivity index (χ0) is 14.0. The van der Waals surface area contributed by atoms with Crippen LogP contribution in [-0.4, -0.2) is 43.8 Å². The van der Waals surface area contributed by atoms with Crippen molar-refractivity contribution in [2.75, 3.05) is 24.7 Å². The number of methoxy groups -OCH3 is 1. The molecule has 3 rings (SSSR count). The van der Waals surface area contributed by atoms with Crippen LogP contribution in [0.25, 0.3) is 5.95 Å². The fraction of sp³-hybridized carbons (Fsp3) is 0.500. The van der Waals surface area contributed by atoms with Crippen LogP contribution in [0.3, 0.4) is 0 Å². The lowest BCUT2D eigenvalue weighted by Crippen LogP contribution is -2.45. The molecule has 3 N–H and O–H groups in total. The molecule has 0 unspecified atom stereocenters. The van der Waals surface area contributed by atoms with Crippen LogP contribution in [0.2, 0.25) is 0 Å². The monoisotopic (exact) mass is 275 g/mol. The number of nitrogens with zero attached hydrogens (tertiary/aromatic N) is 5. The molecule has 2 aromatic rings. The Morgan fingerprint density at radius 3 is 2.85 bits per heavy atom. The number of nitrogens with one attached hydrogen (secondary N) is 1. The normalized spacial score (nSPS) is 16.6. The minimum absolute atomic E-state index is 0.101. The van der Waals surface area contributed by atoms with Gasteiger partial charge in [-0.25, -0.2) is 4.98 Å². The van der Waals surface area contributed by atoms with Gasteiger partial charge in [0, 0.05) is 26.0 Å². The lowest BCUT2D eigenvalue weighted by molar-refractivity contribution is -0.0602. The summed E-state index contributed by atoms with van der Waals surface area (Å²) in [4.78, 5) is 16.5. The molecule has 1 fully saturated rings. The first-order valence-electron chi connectivity index (χ1n) is 6.50. The topological polar surface area (TPSA) is 104 Å². The highest BCUT2D eigenvalue weighted by atomic mass is 16.5. The number of ether oxygens (including phenoxy) is 1. The molecule has 0 bridgehead atoms. The summed E-state index contributed by atoms with van der Waals surface area (Å²) in [6, 6.07) is 0. The van der Waals surface area contributed by atoms with Gasteiger partial charge in [-0.2, -0.15) is 15.0 Å². The molecular formula is C12H17N7O. The third kappa shape index (κ3) is 2.42. The van der Waals surface area contributed by atoms with E-state index in [0.29, 0.717) is 18.4 Å². The molecule has 0 spiro atoms. The Kier molecular flexibility index (Phi) is 3.23. The Morgan fingerprint density at radius 2 is 2.25 bits per heavy atom. The van der Waals surface area contributed by atoms with Gasteiger partial charge in [-0.15, -0.1) is 0 Å². The Hall–Kier alpha value is -2.22. The van der Waals surface area contributed by atoms with Crippen molar-refractivity contribution in [2.24, 2.45) is 0 Å². The molecule has 0 atom stereocenters. The van der Waals surface area contributed by atoms with Gasteiger partial charge in [-0.3, -0.25) is 4.57 Å². The van der Waals surface area contributed by atoms with Crippen molar-refractivity contribution in [3.8, 4) is 5.95 Å². The van der Waals surface area contributed by atoms with E-state index in [9.17, 15) is 0 Å². The fourth-order valence-electron chi connectivity index (χ4n) is 2.22. The van der Waals surface area contributed by atoms with Crippen molar-refractivity contribution in [1.29, 1.82) is 0 Å². The summed E-state index contributed by atoms with van der Waals surface area (Å²) in [5.41, 5.74) is 5.62. The van der Waals surface area contributed by atoms with E-state index in [2.05, 4.69) is 25.3 Å². The number of hydrogen-bond acceptors (Lipinski definition) is 7. The molecule has 1 aliphatic rings. The average Bonchev–Trinajstić information content (AvgIpc) is 2.91. The summed E-state index contributed by atoms with van der Waals surface area (Å²) >= 11 is 0. The van der Waals surface area contributed by atoms with E-state index in [4.69, 9.17) is 10.5 Å².